The molecule has 2 amide bonds. The Morgan fingerprint density at radius 2 is 1.57 bits per heavy atom. The number of aliphatic hydroxyl groups is 2. The molecule has 4 N–H and O–H groups in total. The highest BCUT2D eigenvalue weighted by Crippen LogP contribution is 2.62. The summed E-state index contributed by atoms with van der Waals surface area (Å²) in [5.41, 5.74) is 2.92. The van der Waals surface area contributed by atoms with Gasteiger partial charge in [0.2, 0.25) is 21.7 Å². The number of hydrogen-bond acceptors (Lipinski definition) is 13. The fraction of sp³-hybridized carbons (Fsp3) is 0.569. The monoisotopic (exact) mass is 1070 g/mol. The summed E-state index contributed by atoms with van der Waals surface area (Å²) in [5.74, 6) is -2.75. The minimum absolute atomic E-state index is 0.00397. The van der Waals surface area contributed by atoms with E-state index in [4.69, 9.17) is 24.2 Å². The molecule has 0 aromatic heterocycles. The number of sulfonamides is 1. The third-order valence-corrected chi connectivity index (χ3v) is 16.7. The molecule has 76 heavy (non-hydrogen) atoms. The topological polar surface area (TPSA) is 228 Å². The predicted molar refractivity (Wildman–Crippen MR) is 294 cm³/mol. The van der Waals surface area contributed by atoms with E-state index in [1.54, 1.807) is 42.5 Å². The number of nitrogens with one attached hydrogen (secondary N) is 2. The van der Waals surface area contributed by atoms with E-state index in [1.807, 2.05) is 13.0 Å². The van der Waals surface area contributed by atoms with Crippen molar-refractivity contribution in [2.75, 3.05) is 38.2 Å². The Morgan fingerprint density at radius 3 is 2.20 bits per heavy atom. The van der Waals surface area contributed by atoms with Crippen molar-refractivity contribution < 1.29 is 52.2 Å². The van der Waals surface area contributed by atoms with Gasteiger partial charge in [0.05, 0.1) is 34.1 Å². The molecule has 18 heteroatoms. The summed E-state index contributed by atoms with van der Waals surface area (Å²) in [5, 5.41) is 42.0. The fourth-order valence-corrected chi connectivity index (χ4v) is 13.0. The first kappa shape index (κ1) is 59.6. The van der Waals surface area contributed by atoms with E-state index in [0.29, 0.717) is 80.0 Å². The molecule has 0 radical (unpaired) electrons. The van der Waals surface area contributed by atoms with Crippen LogP contribution < -0.4 is 20.1 Å². The highest BCUT2D eigenvalue weighted by molar-refractivity contribution is 7.89. The van der Waals surface area contributed by atoms with E-state index >= 15 is 8.42 Å². The zero-order valence-electron chi connectivity index (χ0n) is 44.8. The third kappa shape index (κ3) is 15.5. The van der Waals surface area contributed by atoms with Crippen LogP contribution in [0.2, 0.25) is 0 Å². The van der Waals surface area contributed by atoms with Crippen LogP contribution in [0.1, 0.15) is 153 Å². The van der Waals surface area contributed by atoms with Gasteiger partial charge < -0.3 is 39.9 Å². The second-order valence-corrected chi connectivity index (χ2v) is 22.2. The summed E-state index contributed by atoms with van der Waals surface area (Å²) < 4.78 is 52.6. The van der Waals surface area contributed by atoms with Gasteiger partial charge in [0.1, 0.15) is 18.1 Å². The highest BCUT2D eigenvalue weighted by Gasteiger charge is 2.66. The molecule has 6 atom stereocenters. The molecular weight excluding hydrogens is 991 g/mol. The van der Waals surface area contributed by atoms with Crippen LogP contribution in [0.4, 0.5) is 16.2 Å². The molecule has 3 aromatic carbocycles. The van der Waals surface area contributed by atoms with Gasteiger partial charge in [-0.25, -0.2) is 13.2 Å². The van der Waals surface area contributed by atoms with Gasteiger partial charge in [-0.05, 0) is 116 Å². The first-order valence-electron chi connectivity index (χ1n) is 27.6. The smallest absolute Gasteiger partial charge is 0.412 e. The Hall–Kier alpha value is -5.66. The number of unbranched alkanes of at least 4 members (excludes halogenated alkanes) is 11. The Bertz CT molecular complexity index is 2540. The first-order valence-corrected chi connectivity index (χ1v) is 29.0. The number of fused-ring (bicyclic) bond motifs is 2. The lowest BCUT2D eigenvalue weighted by Crippen LogP contribution is -2.70. The molecule has 0 spiro atoms. The SMILES string of the molecule is C=CCOC12Oc3ccc(OC(=O)NCCCCCCCCCCCC)cc3C3C(CCCCO)C(CCCCO)C=C(C(=NOCc4ccc([N+](=O)[O-])cc4)CC1N(CCC)S(=O)(=O)c1ccc(NC(C)=O)cc1)C32. The number of benzene rings is 3. The number of oxime groups is 1. The minimum Gasteiger partial charge on any atom is -0.460 e. The van der Waals surface area contributed by atoms with Crippen LogP contribution in [0.5, 0.6) is 11.5 Å². The second-order valence-electron chi connectivity index (χ2n) is 20.3. The zero-order chi connectivity index (χ0) is 54.5. The Balaban J connectivity index is 1.45. The number of ether oxygens (including phenoxy) is 3. The third-order valence-electron chi connectivity index (χ3n) is 14.8. The minimum atomic E-state index is -4.37. The van der Waals surface area contributed by atoms with Crippen molar-refractivity contribution in [1.82, 2.24) is 9.62 Å². The average molecular weight is 1070 g/mol. The van der Waals surface area contributed by atoms with Crippen LogP contribution in [0.15, 0.2) is 101 Å². The highest BCUT2D eigenvalue weighted by atomic mass is 32.2. The van der Waals surface area contributed by atoms with Crippen molar-refractivity contribution >= 4 is 39.1 Å². The van der Waals surface area contributed by atoms with Crippen LogP contribution in [0, 0.1) is 27.9 Å². The maximum Gasteiger partial charge on any atom is 0.412 e. The van der Waals surface area contributed by atoms with E-state index in [2.05, 4.69) is 30.2 Å². The molecule has 0 saturated heterocycles. The number of amides is 2. The number of hydrogen-bond donors (Lipinski definition) is 4. The molecule has 1 saturated carbocycles. The molecule has 3 aliphatic rings. The van der Waals surface area contributed by atoms with E-state index in [0.717, 1.165) is 30.4 Å². The molecule has 0 bridgehead atoms. The largest absolute Gasteiger partial charge is 0.460 e. The standard InChI is InChI=1S/C58H81N5O12S/c1-5-8-9-10-11-12-13-14-15-18-33-59-57(67)74-47-29-32-53-51(39-47)55-49(22-17-20-36-65)44(21-16-19-35-64)38-50-52(61-73-41-43-23-27-46(28-24-43)63(68)69)40-54(58(75-53,56(50)55)72-37-7-3)62(34-6-2)76(70,71)48-30-25-45(26-31-48)60-42(4)66/h7,23-32,38-39,44,49,54-56,64-65H,3,5-6,8-22,33-37,40-41H2,1-2,4H3,(H,59,67)(H,60,66). The molecule has 6 rings (SSSR count). The van der Waals surface area contributed by atoms with Crippen molar-refractivity contribution in [2.45, 2.75) is 166 Å². The van der Waals surface area contributed by atoms with Crippen LogP contribution >= 0.6 is 0 Å². The van der Waals surface area contributed by atoms with Gasteiger partial charge in [-0.15, -0.1) is 6.58 Å². The maximum atomic E-state index is 15.4. The van der Waals surface area contributed by atoms with Crippen LogP contribution in [-0.4, -0.2) is 90.3 Å². The molecule has 2 aliphatic carbocycles. The van der Waals surface area contributed by atoms with Gasteiger partial charge in [0.25, 0.3) is 5.69 Å². The number of allylic oxidation sites excluding steroid dienone is 1. The summed E-state index contributed by atoms with van der Waals surface area (Å²) >= 11 is 0. The van der Waals surface area contributed by atoms with Gasteiger partial charge >= 0.3 is 6.09 Å². The second kappa shape index (κ2) is 29.7. The number of nitro benzene ring substituents is 1. The van der Waals surface area contributed by atoms with Gasteiger partial charge in [0.15, 0.2) is 0 Å². The van der Waals surface area contributed by atoms with Crippen LogP contribution in [0.3, 0.4) is 0 Å². The van der Waals surface area contributed by atoms with Gasteiger partial charge in [0, 0.05) is 68.9 Å². The lowest BCUT2D eigenvalue weighted by atomic mass is 9.55. The molecule has 1 aliphatic heterocycles. The number of rotatable bonds is 33. The van der Waals surface area contributed by atoms with E-state index < -0.39 is 44.7 Å². The molecule has 1 fully saturated rings. The van der Waals surface area contributed by atoms with E-state index in [1.165, 1.54) is 80.4 Å². The number of aliphatic hydroxyl groups excluding tert-OH is 2. The molecule has 1 heterocycles. The summed E-state index contributed by atoms with van der Waals surface area (Å²) in [7, 11) is -4.37. The lowest BCUT2D eigenvalue weighted by molar-refractivity contribution is -0.384. The van der Waals surface area contributed by atoms with Gasteiger partial charge in [-0.2, -0.15) is 4.31 Å². The molecule has 3 aromatic rings. The molecule has 416 valence electrons. The van der Waals surface area contributed by atoms with Crippen molar-refractivity contribution in [2.24, 2.45) is 22.9 Å². The zero-order valence-corrected chi connectivity index (χ0v) is 45.6. The number of anilines is 1. The quantitative estimate of drug-likeness (QED) is 0.0193. The predicted octanol–water partition coefficient (Wildman–Crippen LogP) is 11.5. The fourth-order valence-electron chi connectivity index (χ4n) is 11.2. The molecular formula is C58H81N5O12S. The molecule has 17 nitrogen and oxygen atoms in total. The van der Waals surface area contributed by atoms with E-state index in [-0.39, 0.29) is 67.7 Å². The summed E-state index contributed by atoms with van der Waals surface area (Å²) in [6, 6.07) is 16.2. The first-order chi connectivity index (χ1) is 36.8. The number of nitro groups is 1. The number of non-ortho nitro benzene ring substituents is 1. The Labute approximate surface area is 449 Å². The van der Waals surface area contributed by atoms with Crippen LogP contribution in [0.25, 0.3) is 0 Å². The lowest BCUT2D eigenvalue weighted by Gasteiger charge is -2.59. The maximum absolute atomic E-state index is 15.4. The Morgan fingerprint density at radius 1 is 0.895 bits per heavy atom. The molecule has 6 unspecified atom stereocenters. The normalized spacial score (nSPS) is 21.2. The van der Waals surface area contributed by atoms with Crippen molar-refractivity contribution in [3.63, 3.8) is 0 Å². The van der Waals surface area contributed by atoms with Crippen molar-refractivity contribution in [3.8, 4) is 11.5 Å². The van der Waals surface area contributed by atoms with Crippen molar-refractivity contribution in [3.05, 3.63) is 112 Å². The Kier molecular flexibility index (Phi) is 23.3. The van der Waals surface area contributed by atoms with Gasteiger partial charge in [-0.1, -0.05) is 102 Å². The average Bonchev–Trinajstić information content (AvgIpc) is 3.41. The summed E-state index contributed by atoms with van der Waals surface area (Å²) in [6.45, 7) is 9.96. The number of carbonyl (C=O) groups excluding carboxylic acids is 2. The van der Waals surface area contributed by atoms with Crippen LogP contribution in [-0.2, 0) is 31.0 Å². The van der Waals surface area contributed by atoms with Crippen molar-refractivity contribution in [1.29, 1.82) is 0 Å². The van der Waals surface area contributed by atoms with E-state index in [9.17, 15) is 29.9 Å². The number of carbonyl (C=O) groups is 2. The number of nitrogens with zero attached hydrogens (tertiary/aromatic N) is 3. The van der Waals surface area contributed by atoms with Gasteiger partial charge in [-0.3, -0.25) is 14.9 Å². The summed E-state index contributed by atoms with van der Waals surface area (Å²) in [4.78, 5) is 42.5. The summed E-state index contributed by atoms with van der Waals surface area (Å²) in [6.07, 6.45) is 19.2.